The largest absolute Gasteiger partial charge is 0.455 e. The van der Waals surface area contributed by atoms with E-state index in [-0.39, 0.29) is 18.5 Å². The summed E-state index contributed by atoms with van der Waals surface area (Å²) in [6.07, 6.45) is 3.55. The molecule has 3 N–H and O–H groups in total. The lowest BCUT2D eigenvalue weighted by molar-refractivity contribution is -0.148. The van der Waals surface area contributed by atoms with Crippen LogP contribution < -0.4 is 11.1 Å². The third-order valence-electron chi connectivity index (χ3n) is 4.18. The zero-order valence-electron chi connectivity index (χ0n) is 12.3. The van der Waals surface area contributed by atoms with E-state index in [0.29, 0.717) is 16.5 Å². The minimum atomic E-state index is -0.529. The molecule has 0 unspecified atom stereocenters. The van der Waals surface area contributed by atoms with Gasteiger partial charge in [0.05, 0.1) is 11.5 Å². The second-order valence-electron chi connectivity index (χ2n) is 5.90. The molecular weight excluding hydrogens is 304 g/mol. The summed E-state index contributed by atoms with van der Waals surface area (Å²) in [4.78, 5) is 36.2. The van der Waals surface area contributed by atoms with Gasteiger partial charge in [-0.2, -0.15) is 0 Å². The summed E-state index contributed by atoms with van der Waals surface area (Å²) in [5.74, 6) is -1.02. The van der Waals surface area contributed by atoms with Gasteiger partial charge in [-0.15, -0.1) is 11.3 Å². The molecule has 1 heterocycles. The third-order valence-corrected chi connectivity index (χ3v) is 5.39. The summed E-state index contributed by atoms with van der Waals surface area (Å²) in [5.41, 5.74) is 6.79. The highest BCUT2D eigenvalue weighted by Crippen LogP contribution is 2.39. The summed E-state index contributed by atoms with van der Waals surface area (Å²) in [7, 11) is 0. The molecule has 22 heavy (non-hydrogen) atoms. The Hall–Kier alpha value is -1.89. The number of amides is 2. The van der Waals surface area contributed by atoms with E-state index in [1.54, 1.807) is 0 Å². The van der Waals surface area contributed by atoms with Crippen molar-refractivity contribution in [1.82, 2.24) is 0 Å². The number of rotatable bonds is 5. The van der Waals surface area contributed by atoms with Crippen molar-refractivity contribution >= 4 is 34.1 Å². The minimum Gasteiger partial charge on any atom is -0.455 e. The zero-order chi connectivity index (χ0) is 15.9. The number of aryl methyl sites for hydroxylation is 1. The van der Waals surface area contributed by atoms with E-state index in [0.717, 1.165) is 36.1 Å². The van der Waals surface area contributed by atoms with E-state index >= 15 is 0 Å². The number of nitrogens with one attached hydrogen (secondary N) is 1. The Morgan fingerprint density at radius 2 is 2.09 bits per heavy atom. The lowest BCUT2D eigenvalue weighted by atomic mass is 10.1. The second kappa shape index (κ2) is 5.72. The number of carbonyl (C=O) groups excluding carboxylic acids is 3. The van der Waals surface area contributed by atoms with Crippen LogP contribution >= 0.6 is 11.3 Å². The van der Waals surface area contributed by atoms with Gasteiger partial charge in [-0.3, -0.25) is 14.4 Å². The number of ether oxygens (including phenoxy) is 1. The first-order chi connectivity index (χ1) is 10.5. The predicted octanol–water partition coefficient (Wildman–Crippen LogP) is 1.47. The highest BCUT2D eigenvalue weighted by Gasteiger charge is 2.40. The molecule has 2 aliphatic carbocycles. The molecule has 1 saturated carbocycles. The van der Waals surface area contributed by atoms with Crippen molar-refractivity contribution in [3.63, 3.8) is 0 Å². The van der Waals surface area contributed by atoms with Crippen molar-refractivity contribution in [3.8, 4) is 0 Å². The molecule has 0 radical (unpaired) electrons. The van der Waals surface area contributed by atoms with Gasteiger partial charge >= 0.3 is 5.97 Å². The molecule has 2 amide bonds. The fourth-order valence-corrected chi connectivity index (χ4v) is 4.12. The summed E-state index contributed by atoms with van der Waals surface area (Å²) < 4.78 is 4.99. The lowest BCUT2D eigenvalue weighted by Crippen LogP contribution is -2.23. The van der Waals surface area contributed by atoms with Crippen LogP contribution in [0.2, 0.25) is 0 Å². The molecule has 1 aromatic rings. The summed E-state index contributed by atoms with van der Waals surface area (Å²) >= 11 is 1.39. The van der Waals surface area contributed by atoms with Gasteiger partial charge < -0.3 is 15.8 Å². The summed E-state index contributed by atoms with van der Waals surface area (Å²) in [5, 5.41) is 3.12. The number of hydrogen-bond acceptors (Lipinski definition) is 5. The maximum Gasteiger partial charge on any atom is 0.309 e. The first-order valence-electron chi connectivity index (χ1n) is 7.38. The SMILES string of the molecule is C[C@@H]1C[C@H]1C(=O)OCC(=O)Nc1sc2c(c1C(N)=O)CCC2. The molecule has 0 aromatic carbocycles. The van der Waals surface area contributed by atoms with Crippen molar-refractivity contribution in [1.29, 1.82) is 0 Å². The maximum atomic E-state index is 11.9. The topological polar surface area (TPSA) is 98.5 Å². The summed E-state index contributed by atoms with van der Waals surface area (Å²) in [6, 6.07) is 0. The highest BCUT2D eigenvalue weighted by atomic mass is 32.1. The number of esters is 1. The van der Waals surface area contributed by atoms with Gasteiger partial charge in [-0.1, -0.05) is 6.92 Å². The Morgan fingerprint density at radius 1 is 1.36 bits per heavy atom. The number of thiophene rings is 1. The van der Waals surface area contributed by atoms with Crippen molar-refractivity contribution in [2.45, 2.75) is 32.6 Å². The summed E-state index contributed by atoms with van der Waals surface area (Å²) in [6.45, 7) is 1.64. The minimum absolute atomic E-state index is 0.0699. The molecule has 0 aliphatic heterocycles. The van der Waals surface area contributed by atoms with E-state index in [9.17, 15) is 14.4 Å². The van der Waals surface area contributed by atoms with Crippen LogP contribution in [0.25, 0.3) is 0 Å². The van der Waals surface area contributed by atoms with Crippen molar-refractivity contribution < 1.29 is 19.1 Å². The number of anilines is 1. The van der Waals surface area contributed by atoms with Crippen LogP contribution in [0.4, 0.5) is 5.00 Å². The normalized spacial score (nSPS) is 22.0. The van der Waals surface area contributed by atoms with Crippen molar-refractivity contribution in [2.75, 3.05) is 11.9 Å². The first kappa shape index (κ1) is 15.0. The van der Waals surface area contributed by atoms with Gasteiger partial charge in [0.15, 0.2) is 6.61 Å². The molecule has 0 spiro atoms. The molecule has 1 fully saturated rings. The molecule has 3 rings (SSSR count). The Bertz CT molecular complexity index is 652. The second-order valence-corrected chi connectivity index (χ2v) is 7.01. The van der Waals surface area contributed by atoms with E-state index in [1.807, 2.05) is 6.92 Å². The molecule has 2 aliphatic rings. The average molecular weight is 322 g/mol. The van der Waals surface area contributed by atoms with Crippen molar-refractivity contribution in [2.24, 2.45) is 17.6 Å². The Labute approximate surface area is 132 Å². The monoisotopic (exact) mass is 322 g/mol. The standard InChI is InChI=1S/C15H18N2O4S/c1-7-5-9(7)15(20)21-6-11(18)17-14-12(13(16)19)8-3-2-4-10(8)22-14/h7,9H,2-6H2,1H3,(H2,16,19)(H,17,18)/t7-,9-/m1/s1. The van der Waals surface area contributed by atoms with Crippen LogP contribution in [-0.4, -0.2) is 24.4 Å². The number of primary amides is 1. The van der Waals surface area contributed by atoms with Crippen LogP contribution in [0.3, 0.4) is 0 Å². The highest BCUT2D eigenvalue weighted by molar-refractivity contribution is 7.17. The third kappa shape index (κ3) is 2.85. The van der Waals surface area contributed by atoms with E-state index in [4.69, 9.17) is 10.5 Å². The molecule has 2 atom stereocenters. The van der Waals surface area contributed by atoms with Gasteiger partial charge in [0.25, 0.3) is 11.8 Å². The molecule has 0 saturated heterocycles. The van der Waals surface area contributed by atoms with E-state index in [2.05, 4.69) is 5.32 Å². The van der Waals surface area contributed by atoms with Crippen LogP contribution in [0.1, 0.15) is 40.6 Å². The van der Waals surface area contributed by atoms with Crippen molar-refractivity contribution in [3.05, 3.63) is 16.0 Å². The maximum absolute atomic E-state index is 11.9. The van der Waals surface area contributed by atoms with Gasteiger partial charge in [-0.05, 0) is 37.2 Å². The first-order valence-corrected chi connectivity index (χ1v) is 8.20. The molecular formula is C15H18N2O4S. The lowest BCUT2D eigenvalue weighted by Gasteiger charge is -2.07. The fraction of sp³-hybridized carbons (Fsp3) is 0.533. The van der Waals surface area contributed by atoms with Crippen LogP contribution in [-0.2, 0) is 27.2 Å². The molecule has 0 bridgehead atoms. The number of hydrogen-bond donors (Lipinski definition) is 2. The zero-order valence-corrected chi connectivity index (χ0v) is 13.1. The number of nitrogens with two attached hydrogens (primary N) is 1. The number of carbonyl (C=O) groups is 3. The van der Waals surface area contributed by atoms with Gasteiger partial charge in [0.1, 0.15) is 5.00 Å². The predicted molar refractivity (Wildman–Crippen MR) is 81.7 cm³/mol. The molecule has 118 valence electrons. The number of fused-ring (bicyclic) bond motifs is 1. The Balaban J connectivity index is 1.62. The quantitative estimate of drug-likeness (QED) is 0.802. The van der Waals surface area contributed by atoms with Gasteiger partial charge in [0, 0.05) is 4.88 Å². The van der Waals surface area contributed by atoms with E-state index in [1.165, 1.54) is 11.3 Å². The Kier molecular flexibility index (Phi) is 3.90. The molecule has 1 aromatic heterocycles. The molecule has 7 heteroatoms. The fourth-order valence-electron chi connectivity index (χ4n) is 2.81. The smallest absolute Gasteiger partial charge is 0.309 e. The van der Waals surface area contributed by atoms with Gasteiger partial charge in [-0.25, -0.2) is 0 Å². The van der Waals surface area contributed by atoms with E-state index < -0.39 is 11.8 Å². The van der Waals surface area contributed by atoms with Crippen LogP contribution in [0.5, 0.6) is 0 Å². The average Bonchev–Trinajstić information content (AvgIpc) is 2.86. The Morgan fingerprint density at radius 3 is 2.73 bits per heavy atom. The van der Waals surface area contributed by atoms with Gasteiger partial charge in [0.2, 0.25) is 0 Å². The molecule has 6 nitrogen and oxygen atoms in total. The van der Waals surface area contributed by atoms with Crippen LogP contribution in [0, 0.1) is 11.8 Å². The van der Waals surface area contributed by atoms with Crippen LogP contribution in [0.15, 0.2) is 0 Å².